The van der Waals surface area contributed by atoms with E-state index in [9.17, 15) is 4.89 Å². The molecule has 4 heteroatoms. The fraction of sp³-hybridized carbons (Fsp3) is 0.647. The second-order valence-corrected chi connectivity index (χ2v) is 7.37. The molecule has 0 aliphatic heterocycles. The summed E-state index contributed by atoms with van der Waals surface area (Å²) < 4.78 is 10.9. The molecule has 0 fully saturated rings. The van der Waals surface area contributed by atoms with Crippen LogP contribution in [0.4, 0.5) is 0 Å². The van der Waals surface area contributed by atoms with Crippen LogP contribution in [0.15, 0.2) is 18.2 Å². The van der Waals surface area contributed by atoms with Crippen LogP contribution in [0.25, 0.3) is 0 Å². The molecule has 1 unspecified atom stereocenters. The highest BCUT2D eigenvalue weighted by Gasteiger charge is 2.16. The molecule has 1 aromatic carbocycles. The molecule has 0 amide bonds. The fourth-order valence-electron chi connectivity index (χ4n) is 2.00. The zero-order valence-electron chi connectivity index (χ0n) is 14.0. The largest absolute Gasteiger partial charge is 0.427 e. The van der Waals surface area contributed by atoms with Gasteiger partial charge in [0.2, 0.25) is 0 Å². The molecule has 21 heavy (non-hydrogen) atoms. The third-order valence-corrected chi connectivity index (χ3v) is 4.17. The molecule has 0 bridgehead atoms. The van der Waals surface area contributed by atoms with Gasteiger partial charge in [-0.3, -0.25) is 0 Å². The molecule has 0 heterocycles. The van der Waals surface area contributed by atoms with Gasteiger partial charge in [-0.2, -0.15) is 0 Å². The number of unbranched alkanes of at least 4 members (excludes halogenated alkanes) is 3. The molecule has 0 aromatic heterocycles. The van der Waals surface area contributed by atoms with Crippen LogP contribution in [0.2, 0.25) is 0 Å². The van der Waals surface area contributed by atoms with E-state index in [0.717, 1.165) is 18.4 Å². The lowest BCUT2D eigenvalue weighted by atomic mass is 9.86. The Morgan fingerprint density at radius 1 is 1.14 bits per heavy atom. The van der Waals surface area contributed by atoms with E-state index >= 15 is 0 Å². The average Bonchev–Trinajstić information content (AvgIpc) is 2.39. The summed E-state index contributed by atoms with van der Waals surface area (Å²) in [5.74, 6) is 0.699. The van der Waals surface area contributed by atoms with Gasteiger partial charge in [-0.25, -0.2) is 0 Å². The summed E-state index contributed by atoms with van der Waals surface area (Å²) in [6, 6.07) is 6.08. The minimum absolute atomic E-state index is 0.114. The van der Waals surface area contributed by atoms with Gasteiger partial charge >= 0.3 is 8.60 Å². The Kier molecular flexibility index (Phi) is 7.65. The number of hydrogen-bond donors (Lipinski definition) is 1. The van der Waals surface area contributed by atoms with Gasteiger partial charge in [0.25, 0.3) is 0 Å². The summed E-state index contributed by atoms with van der Waals surface area (Å²) in [4.78, 5) is 9.83. The molecule has 120 valence electrons. The van der Waals surface area contributed by atoms with Crippen LogP contribution in [0.5, 0.6) is 5.75 Å². The summed E-state index contributed by atoms with van der Waals surface area (Å²) in [7, 11) is -1.83. The van der Waals surface area contributed by atoms with Gasteiger partial charge in [-0.1, -0.05) is 59.1 Å². The van der Waals surface area contributed by atoms with Crippen molar-refractivity contribution in [2.45, 2.75) is 65.7 Å². The van der Waals surface area contributed by atoms with Gasteiger partial charge in [0.1, 0.15) is 5.75 Å². The second-order valence-electron chi connectivity index (χ2n) is 6.45. The first-order chi connectivity index (χ1) is 9.84. The lowest BCUT2D eigenvalue weighted by molar-refractivity contribution is 0.253. The van der Waals surface area contributed by atoms with Gasteiger partial charge in [-0.05, 0) is 36.0 Å². The Balaban J connectivity index is 2.47. The molecule has 1 aromatic rings. The molecular weight excluding hydrogens is 283 g/mol. The lowest BCUT2D eigenvalue weighted by Gasteiger charge is -2.21. The predicted octanol–water partition coefficient (Wildman–Crippen LogP) is 5.49. The van der Waals surface area contributed by atoms with E-state index in [1.807, 2.05) is 19.1 Å². The molecule has 3 nitrogen and oxygen atoms in total. The van der Waals surface area contributed by atoms with Gasteiger partial charge < -0.3 is 13.9 Å². The van der Waals surface area contributed by atoms with E-state index in [-0.39, 0.29) is 5.41 Å². The Labute approximate surface area is 130 Å². The van der Waals surface area contributed by atoms with Crippen molar-refractivity contribution in [1.82, 2.24) is 0 Å². The highest BCUT2D eigenvalue weighted by atomic mass is 31.2. The van der Waals surface area contributed by atoms with Crippen molar-refractivity contribution in [1.29, 1.82) is 0 Å². The van der Waals surface area contributed by atoms with E-state index in [4.69, 9.17) is 9.05 Å². The number of benzene rings is 1. The SMILES string of the molecule is CCCCCCOP(O)Oc1ccc(C(C)(C)C)cc1C. The molecular formula is C17H29O3P. The van der Waals surface area contributed by atoms with E-state index in [1.165, 1.54) is 18.4 Å². The second kappa shape index (κ2) is 8.73. The van der Waals surface area contributed by atoms with Crippen LogP contribution in [-0.2, 0) is 9.94 Å². The van der Waals surface area contributed by atoms with Crippen molar-refractivity contribution >= 4 is 8.60 Å². The maximum Gasteiger partial charge on any atom is 0.394 e. The first-order valence-corrected chi connectivity index (χ1v) is 8.88. The first-order valence-electron chi connectivity index (χ1n) is 7.75. The van der Waals surface area contributed by atoms with Crippen LogP contribution in [0.3, 0.4) is 0 Å². The Hall–Kier alpha value is -0.630. The third kappa shape index (κ3) is 6.78. The van der Waals surface area contributed by atoms with Crippen molar-refractivity contribution < 1.29 is 13.9 Å². The number of rotatable bonds is 8. The Morgan fingerprint density at radius 3 is 2.43 bits per heavy atom. The first kappa shape index (κ1) is 18.4. The Morgan fingerprint density at radius 2 is 1.86 bits per heavy atom. The minimum Gasteiger partial charge on any atom is -0.427 e. The van der Waals surface area contributed by atoms with Crippen LogP contribution in [0.1, 0.15) is 64.5 Å². The normalized spacial score (nSPS) is 13.2. The molecule has 1 atom stereocenters. The zero-order valence-corrected chi connectivity index (χ0v) is 14.9. The molecule has 0 radical (unpaired) electrons. The van der Waals surface area contributed by atoms with Crippen LogP contribution in [-0.4, -0.2) is 11.5 Å². The van der Waals surface area contributed by atoms with E-state index < -0.39 is 8.60 Å². The topological polar surface area (TPSA) is 38.7 Å². The van der Waals surface area contributed by atoms with Crippen molar-refractivity contribution in [3.63, 3.8) is 0 Å². The maximum absolute atomic E-state index is 9.83. The highest BCUT2D eigenvalue weighted by Crippen LogP contribution is 2.38. The maximum atomic E-state index is 9.83. The van der Waals surface area contributed by atoms with Gasteiger partial charge in [0.05, 0.1) is 6.61 Å². The highest BCUT2D eigenvalue weighted by molar-refractivity contribution is 7.41. The standard InChI is InChI=1S/C17H29O3P/c1-6-7-8-9-12-19-21(18)20-16-11-10-15(13-14(16)2)17(3,4)5/h10-11,13,18H,6-9,12H2,1-5H3. The molecule has 0 saturated heterocycles. The molecule has 0 spiro atoms. The smallest absolute Gasteiger partial charge is 0.394 e. The summed E-state index contributed by atoms with van der Waals surface area (Å²) in [5.41, 5.74) is 2.40. The van der Waals surface area contributed by atoms with Gasteiger partial charge in [0, 0.05) is 0 Å². The number of hydrogen-bond acceptors (Lipinski definition) is 3. The summed E-state index contributed by atoms with van der Waals surface area (Å²) >= 11 is 0. The number of aryl methyl sites for hydroxylation is 1. The van der Waals surface area contributed by atoms with Crippen LogP contribution >= 0.6 is 8.60 Å². The Bertz CT molecular complexity index is 427. The molecule has 0 saturated carbocycles. The predicted molar refractivity (Wildman–Crippen MR) is 89.7 cm³/mol. The van der Waals surface area contributed by atoms with E-state index in [1.54, 1.807) is 0 Å². The van der Waals surface area contributed by atoms with Gasteiger partial charge in [0.15, 0.2) is 0 Å². The van der Waals surface area contributed by atoms with Crippen molar-refractivity contribution in [3.8, 4) is 5.75 Å². The molecule has 1 rings (SSSR count). The minimum atomic E-state index is -1.83. The van der Waals surface area contributed by atoms with Crippen LogP contribution in [0, 0.1) is 6.92 Å². The van der Waals surface area contributed by atoms with E-state index in [2.05, 4.69) is 33.8 Å². The summed E-state index contributed by atoms with van der Waals surface area (Å²) in [6.45, 7) is 11.3. The monoisotopic (exact) mass is 312 g/mol. The quantitative estimate of drug-likeness (QED) is 0.510. The molecule has 0 aliphatic carbocycles. The third-order valence-electron chi connectivity index (χ3n) is 3.42. The van der Waals surface area contributed by atoms with Crippen LogP contribution < -0.4 is 4.52 Å². The molecule has 1 N–H and O–H groups in total. The van der Waals surface area contributed by atoms with E-state index in [0.29, 0.717) is 12.4 Å². The van der Waals surface area contributed by atoms with Crippen molar-refractivity contribution in [2.75, 3.05) is 6.61 Å². The van der Waals surface area contributed by atoms with Crippen molar-refractivity contribution in [2.24, 2.45) is 0 Å². The van der Waals surface area contributed by atoms with Gasteiger partial charge in [-0.15, -0.1) is 0 Å². The average molecular weight is 312 g/mol. The zero-order chi connectivity index (χ0) is 15.9. The molecule has 0 aliphatic rings. The summed E-state index contributed by atoms with van der Waals surface area (Å²) in [5, 5.41) is 0. The fourth-order valence-corrected chi connectivity index (χ4v) is 2.71. The van der Waals surface area contributed by atoms with Crippen molar-refractivity contribution in [3.05, 3.63) is 29.3 Å². The summed E-state index contributed by atoms with van der Waals surface area (Å²) in [6.07, 6.45) is 4.52. The lowest BCUT2D eigenvalue weighted by Crippen LogP contribution is -2.11.